The van der Waals surface area contributed by atoms with Crippen LogP contribution in [0.4, 0.5) is 0 Å². The first-order chi connectivity index (χ1) is 34.2. The van der Waals surface area contributed by atoms with Crippen molar-refractivity contribution >= 4 is 65.5 Å². The number of benzene rings is 10. The van der Waals surface area contributed by atoms with Gasteiger partial charge in [0.25, 0.3) is 0 Å². The minimum atomic E-state index is 0.485. The Morgan fingerprint density at radius 1 is 0.333 bits per heavy atom. The lowest BCUT2D eigenvalue weighted by atomic mass is 9.91. The van der Waals surface area contributed by atoms with Crippen LogP contribution < -0.4 is 0 Å². The van der Waals surface area contributed by atoms with E-state index in [9.17, 15) is 0 Å². The first-order valence-corrected chi connectivity index (χ1v) is 23.1. The quantitative estimate of drug-likeness (QED) is 0.159. The molecule has 0 fully saturated rings. The first-order valence-electron chi connectivity index (χ1n) is 23.1. The maximum absolute atomic E-state index is 6.57. The summed E-state index contributed by atoms with van der Waals surface area (Å²) in [5, 5.41) is 6.93. The zero-order valence-corrected chi connectivity index (χ0v) is 37.0. The molecule has 7 heteroatoms. The van der Waals surface area contributed by atoms with E-state index in [-0.39, 0.29) is 0 Å². The van der Waals surface area contributed by atoms with Gasteiger partial charge in [0.05, 0.1) is 27.6 Å². The molecule has 0 aliphatic heterocycles. The SMILES string of the molecule is c1ccc(-c2nc(-c3cccc4nc(-c5ccccc5)oc34)nc(-n3c4ccccc4c4ccc5c6ccccc6n(-c6ccc(-c7cccc8cccc(-c9ccccc9)c78)cc6)c5c43)n2)cc1. The average molecular weight is 883 g/mol. The number of hydrogen-bond donors (Lipinski definition) is 0. The second-order valence-corrected chi connectivity index (χ2v) is 17.4. The summed E-state index contributed by atoms with van der Waals surface area (Å²) >= 11 is 0. The summed E-state index contributed by atoms with van der Waals surface area (Å²) in [6.45, 7) is 0. The third-order valence-electron chi connectivity index (χ3n) is 13.4. The molecule has 0 aliphatic rings. The summed E-state index contributed by atoms with van der Waals surface area (Å²) in [7, 11) is 0. The maximum atomic E-state index is 6.57. The fraction of sp³-hybridized carbons (Fsp3) is 0. The van der Waals surface area contributed by atoms with Crippen molar-refractivity contribution in [1.82, 2.24) is 29.1 Å². The Hall–Kier alpha value is -9.46. The monoisotopic (exact) mass is 882 g/mol. The van der Waals surface area contributed by atoms with Crippen LogP contribution in [0.5, 0.6) is 0 Å². The van der Waals surface area contributed by atoms with Crippen molar-refractivity contribution in [2.75, 3.05) is 0 Å². The molecule has 322 valence electrons. The number of aromatic nitrogens is 6. The zero-order valence-electron chi connectivity index (χ0n) is 37.0. The molecule has 0 N–H and O–H groups in total. The molecule has 0 bridgehead atoms. The van der Waals surface area contributed by atoms with Gasteiger partial charge in [0, 0.05) is 38.4 Å². The fourth-order valence-electron chi connectivity index (χ4n) is 10.3. The van der Waals surface area contributed by atoms with E-state index in [1.807, 2.05) is 78.9 Å². The molecule has 0 radical (unpaired) electrons. The number of rotatable bonds is 7. The Morgan fingerprint density at radius 2 is 0.855 bits per heavy atom. The molecule has 7 nitrogen and oxygen atoms in total. The molecule has 0 unspecified atom stereocenters. The first kappa shape index (κ1) is 38.8. The Balaban J connectivity index is 1.02. The summed E-state index contributed by atoms with van der Waals surface area (Å²) in [5.74, 6) is 2.07. The van der Waals surface area contributed by atoms with Gasteiger partial charge >= 0.3 is 0 Å². The Kier molecular flexibility index (Phi) is 8.75. The topological polar surface area (TPSA) is 74.6 Å². The summed E-state index contributed by atoms with van der Waals surface area (Å²) in [6.07, 6.45) is 0. The highest BCUT2D eigenvalue weighted by Crippen LogP contribution is 2.43. The highest BCUT2D eigenvalue weighted by Gasteiger charge is 2.25. The summed E-state index contributed by atoms with van der Waals surface area (Å²) in [6, 6.07) is 80.7. The molecule has 0 atom stereocenters. The predicted octanol–water partition coefficient (Wildman–Crippen LogP) is 15.7. The summed E-state index contributed by atoms with van der Waals surface area (Å²) in [5.41, 5.74) is 13.8. The van der Waals surface area contributed by atoms with E-state index in [0.717, 1.165) is 77.1 Å². The van der Waals surface area contributed by atoms with Crippen LogP contribution in [0, 0.1) is 0 Å². The second kappa shape index (κ2) is 15.6. The highest BCUT2D eigenvalue weighted by molar-refractivity contribution is 6.23. The molecular formula is C62H38N6O. The number of hydrogen-bond acceptors (Lipinski definition) is 5. The van der Waals surface area contributed by atoms with Gasteiger partial charge in [0.2, 0.25) is 11.8 Å². The average Bonchev–Trinajstić information content (AvgIpc) is 4.12. The van der Waals surface area contributed by atoms with Crippen molar-refractivity contribution in [3.8, 4) is 68.1 Å². The van der Waals surface area contributed by atoms with E-state index < -0.39 is 0 Å². The van der Waals surface area contributed by atoms with Crippen LogP contribution >= 0.6 is 0 Å². The van der Waals surface area contributed by atoms with Crippen LogP contribution in [0.1, 0.15) is 0 Å². The van der Waals surface area contributed by atoms with Gasteiger partial charge in [-0.1, -0.05) is 182 Å². The van der Waals surface area contributed by atoms with E-state index in [0.29, 0.717) is 29.1 Å². The highest BCUT2D eigenvalue weighted by atomic mass is 16.3. The normalized spacial score (nSPS) is 11.8. The smallest absolute Gasteiger partial charge is 0.238 e. The van der Waals surface area contributed by atoms with Crippen molar-refractivity contribution in [3.05, 3.63) is 231 Å². The zero-order chi connectivity index (χ0) is 45.4. The number of fused-ring (bicyclic) bond motifs is 9. The van der Waals surface area contributed by atoms with Gasteiger partial charge in [-0.25, -0.2) is 9.97 Å². The number of oxazole rings is 1. The van der Waals surface area contributed by atoms with Gasteiger partial charge in [-0.3, -0.25) is 4.57 Å². The van der Waals surface area contributed by atoms with Crippen LogP contribution in [0.25, 0.3) is 134 Å². The van der Waals surface area contributed by atoms with E-state index in [1.54, 1.807) is 0 Å². The van der Waals surface area contributed by atoms with E-state index in [2.05, 4.69) is 161 Å². The van der Waals surface area contributed by atoms with Gasteiger partial charge in [-0.05, 0) is 81.6 Å². The Labute approximate surface area is 395 Å². The molecule has 69 heavy (non-hydrogen) atoms. The molecule has 14 aromatic rings. The van der Waals surface area contributed by atoms with Crippen LogP contribution in [-0.4, -0.2) is 29.1 Å². The fourth-order valence-corrected chi connectivity index (χ4v) is 10.3. The Morgan fingerprint density at radius 3 is 1.52 bits per heavy atom. The molecule has 0 amide bonds. The van der Waals surface area contributed by atoms with Crippen LogP contribution in [-0.2, 0) is 0 Å². The van der Waals surface area contributed by atoms with Crippen molar-refractivity contribution in [3.63, 3.8) is 0 Å². The van der Waals surface area contributed by atoms with Gasteiger partial charge < -0.3 is 8.98 Å². The van der Waals surface area contributed by atoms with Crippen LogP contribution in [0.2, 0.25) is 0 Å². The minimum absolute atomic E-state index is 0.485. The molecule has 0 saturated heterocycles. The van der Waals surface area contributed by atoms with Crippen molar-refractivity contribution in [2.45, 2.75) is 0 Å². The predicted molar refractivity (Wildman–Crippen MR) is 281 cm³/mol. The van der Waals surface area contributed by atoms with Gasteiger partial charge in [0.1, 0.15) is 5.52 Å². The van der Waals surface area contributed by atoms with E-state index in [4.69, 9.17) is 24.4 Å². The van der Waals surface area contributed by atoms with Crippen molar-refractivity contribution in [2.24, 2.45) is 0 Å². The molecule has 14 rings (SSSR count). The molecule has 4 heterocycles. The van der Waals surface area contributed by atoms with E-state index in [1.165, 1.54) is 27.5 Å². The number of nitrogens with zero attached hydrogens (tertiary/aromatic N) is 6. The lowest BCUT2D eigenvalue weighted by molar-refractivity contribution is 0.620. The Bertz CT molecular complexity index is 4280. The van der Waals surface area contributed by atoms with Gasteiger partial charge in [-0.2, -0.15) is 9.97 Å². The van der Waals surface area contributed by atoms with Crippen molar-refractivity contribution in [1.29, 1.82) is 0 Å². The molecule has 0 aliphatic carbocycles. The maximum Gasteiger partial charge on any atom is 0.238 e. The third-order valence-corrected chi connectivity index (χ3v) is 13.4. The molecule has 0 saturated carbocycles. The third kappa shape index (κ3) is 6.21. The summed E-state index contributed by atoms with van der Waals surface area (Å²) in [4.78, 5) is 20.9. The standard InChI is InChI=1S/C62H38N6O/c1-4-17-39(18-5-1)45-27-14-23-41-24-15-28-46(55(41)45)40-33-35-44(36-34-40)67-53-31-12-10-25-47(53)49-37-38-50-48-26-11-13-32-54(48)68(57(50)56(49)67)62-65-59(42-19-6-2-7-20-42)64-60(66-62)51-29-16-30-52-58(51)69-61(63-52)43-21-8-3-9-22-43/h1-38H. The molecule has 4 aromatic heterocycles. The lowest BCUT2D eigenvalue weighted by Crippen LogP contribution is -2.07. The van der Waals surface area contributed by atoms with Crippen LogP contribution in [0.3, 0.4) is 0 Å². The minimum Gasteiger partial charge on any atom is -0.435 e. The molecule has 0 spiro atoms. The molecule has 10 aromatic carbocycles. The second-order valence-electron chi connectivity index (χ2n) is 17.4. The number of para-hydroxylation sites is 3. The van der Waals surface area contributed by atoms with Gasteiger partial charge in [0.15, 0.2) is 17.2 Å². The molecular weight excluding hydrogens is 845 g/mol. The van der Waals surface area contributed by atoms with Crippen LogP contribution in [0.15, 0.2) is 235 Å². The van der Waals surface area contributed by atoms with Crippen molar-refractivity contribution < 1.29 is 4.42 Å². The largest absolute Gasteiger partial charge is 0.435 e. The van der Waals surface area contributed by atoms with E-state index >= 15 is 0 Å². The van der Waals surface area contributed by atoms with Gasteiger partial charge in [-0.15, -0.1) is 0 Å². The summed E-state index contributed by atoms with van der Waals surface area (Å²) < 4.78 is 11.2. The lowest BCUT2D eigenvalue weighted by Gasteiger charge is -2.15.